The third-order valence-corrected chi connectivity index (χ3v) is 3.04. The van der Waals surface area contributed by atoms with Crippen molar-refractivity contribution in [1.82, 2.24) is 4.57 Å². The van der Waals surface area contributed by atoms with E-state index >= 15 is 0 Å². The van der Waals surface area contributed by atoms with Crippen LogP contribution in [0.25, 0.3) is 0 Å². The Kier molecular flexibility index (Phi) is 3.20. The molecule has 0 atom stereocenters. The number of rotatable bonds is 2. The van der Waals surface area contributed by atoms with Gasteiger partial charge in [0.15, 0.2) is 0 Å². The van der Waals surface area contributed by atoms with Crippen LogP contribution < -0.4 is 11.3 Å². The van der Waals surface area contributed by atoms with E-state index in [4.69, 9.17) is 17.3 Å². The van der Waals surface area contributed by atoms with Crippen molar-refractivity contribution in [1.29, 1.82) is 0 Å². The van der Waals surface area contributed by atoms with Crippen LogP contribution in [-0.4, -0.2) is 4.57 Å². The molecule has 1 heterocycles. The molecule has 88 valence electrons. The molecule has 4 heteroatoms. The molecular formula is C13H13ClN2O. The van der Waals surface area contributed by atoms with Crippen LogP contribution in [0.4, 0.5) is 5.69 Å². The summed E-state index contributed by atoms with van der Waals surface area (Å²) in [6, 6.07) is 8.98. The molecule has 3 nitrogen and oxygen atoms in total. The average Bonchev–Trinajstić information content (AvgIpc) is 2.29. The van der Waals surface area contributed by atoms with E-state index in [0.29, 0.717) is 17.3 Å². The van der Waals surface area contributed by atoms with Crippen LogP contribution in [0.5, 0.6) is 0 Å². The summed E-state index contributed by atoms with van der Waals surface area (Å²) in [4.78, 5) is 11.8. The Bertz CT molecular complexity index is 605. The maximum Gasteiger partial charge on any atom is 0.251 e. The zero-order valence-electron chi connectivity index (χ0n) is 9.48. The van der Waals surface area contributed by atoms with Gasteiger partial charge in [-0.2, -0.15) is 0 Å². The van der Waals surface area contributed by atoms with E-state index in [1.165, 1.54) is 6.07 Å². The molecule has 0 aliphatic heterocycles. The number of anilines is 1. The van der Waals surface area contributed by atoms with Crippen LogP contribution in [-0.2, 0) is 6.54 Å². The topological polar surface area (TPSA) is 48.0 Å². The smallest absolute Gasteiger partial charge is 0.251 e. The second-order valence-corrected chi connectivity index (χ2v) is 4.38. The van der Waals surface area contributed by atoms with Crippen LogP contribution in [0.1, 0.15) is 11.1 Å². The summed E-state index contributed by atoms with van der Waals surface area (Å²) in [5.41, 5.74) is 8.02. The summed E-state index contributed by atoms with van der Waals surface area (Å²) in [7, 11) is 0. The lowest BCUT2D eigenvalue weighted by Crippen LogP contribution is -2.20. The fourth-order valence-corrected chi connectivity index (χ4v) is 1.81. The van der Waals surface area contributed by atoms with Crippen molar-refractivity contribution in [3.05, 3.63) is 63.0 Å². The Labute approximate surface area is 104 Å². The lowest BCUT2D eigenvalue weighted by Gasteiger charge is -2.09. The summed E-state index contributed by atoms with van der Waals surface area (Å²) in [6.07, 6.45) is 1.65. The number of hydrogen-bond donors (Lipinski definition) is 1. The van der Waals surface area contributed by atoms with E-state index in [0.717, 1.165) is 11.1 Å². The molecule has 0 spiro atoms. The van der Waals surface area contributed by atoms with Gasteiger partial charge in [0.2, 0.25) is 0 Å². The molecule has 0 aliphatic carbocycles. The number of halogens is 1. The van der Waals surface area contributed by atoms with Crippen LogP contribution in [0.2, 0.25) is 5.02 Å². The minimum Gasteiger partial charge on any atom is -0.397 e. The van der Waals surface area contributed by atoms with Gasteiger partial charge >= 0.3 is 0 Å². The number of nitrogens with zero attached hydrogens (tertiary/aromatic N) is 1. The van der Waals surface area contributed by atoms with Gasteiger partial charge in [0, 0.05) is 17.3 Å². The zero-order valence-corrected chi connectivity index (χ0v) is 10.2. The number of benzene rings is 1. The van der Waals surface area contributed by atoms with Gasteiger partial charge in [-0.15, -0.1) is 0 Å². The summed E-state index contributed by atoms with van der Waals surface area (Å²) in [6.45, 7) is 2.25. The number of pyridine rings is 1. The third kappa shape index (κ3) is 2.50. The minimum atomic E-state index is -0.0726. The van der Waals surface area contributed by atoms with E-state index in [9.17, 15) is 4.79 Å². The maximum atomic E-state index is 11.8. The molecule has 0 fully saturated rings. The highest BCUT2D eigenvalue weighted by atomic mass is 35.5. The average molecular weight is 249 g/mol. The van der Waals surface area contributed by atoms with Gasteiger partial charge < -0.3 is 10.3 Å². The van der Waals surface area contributed by atoms with Crippen molar-refractivity contribution in [2.24, 2.45) is 0 Å². The third-order valence-electron chi connectivity index (χ3n) is 2.67. The Hall–Kier alpha value is -1.74. The molecule has 0 saturated carbocycles. The Morgan fingerprint density at radius 1 is 1.35 bits per heavy atom. The van der Waals surface area contributed by atoms with Gasteiger partial charge in [-0.25, -0.2) is 0 Å². The van der Waals surface area contributed by atoms with E-state index in [1.54, 1.807) is 16.8 Å². The van der Waals surface area contributed by atoms with E-state index < -0.39 is 0 Å². The lowest BCUT2D eigenvalue weighted by atomic mass is 10.2. The number of aromatic nitrogens is 1. The van der Waals surface area contributed by atoms with Crippen molar-refractivity contribution < 1.29 is 0 Å². The van der Waals surface area contributed by atoms with Crippen molar-refractivity contribution in [3.8, 4) is 0 Å². The second-order valence-electron chi connectivity index (χ2n) is 3.97. The van der Waals surface area contributed by atoms with E-state index in [-0.39, 0.29) is 5.56 Å². The van der Waals surface area contributed by atoms with Crippen molar-refractivity contribution in [2.75, 3.05) is 5.73 Å². The highest BCUT2D eigenvalue weighted by Gasteiger charge is 2.04. The van der Waals surface area contributed by atoms with E-state index in [2.05, 4.69) is 0 Å². The molecule has 2 aromatic rings. The largest absolute Gasteiger partial charge is 0.397 e. The molecule has 0 amide bonds. The molecule has 2 rings (SSSR count). The van der Waals surface area contributed by atoms with Gasteiger partial charge in [0.05, 0.1) is 12.2 Å². The summed E-state index contributed by atoms with van der Waals surface area (Å²) < 4.78 is 1.56. The molecule has 2 N–H and O–H groups in total. The summed E-state index contributed by atoms with van der Waals surface area (Å²) in [5.74, 6) is 0. The van der Waals surface area contributed by atoms with Crippen LogP contribution in [0.3, 0.4) is 0 Å². The molecule has 0 bridgehead atoms. The predicted molar refractivity (Wildman–Crippen MR) is 70.4 cm³/mol. The normalized spacial score (nSPS) is 10.5. The Balaban J connectivity index is 2.41. The van der Waals surface area contributed by atoms with Crippen molar-refractivity contribution in [2.45, 2.75) is 13.5 Å². The van der Waals surface area contributed by atoms with Gasteiger partial charge in [0.1, 0.15) is 0 Å². The number of hydrogen-bond acceptors (Lipinski definition) is 2. The first-order valence-electron chi connectivity index (χ1n) is 5.28. The summed E-state index contributed by atoms with van der Waals surface area (Å²) in [5, 5.41) is 0.651. The SMILES string of the molecule is Cc1cc(=O)n(Cc2ccccc2Cl)cc1N. The maximum absolute atomic E-state index is 11.8. The van der Waals surface area contributed by atoms with E-state index in [1.807, 2.05) is 25.1 Å². The first kappa shape index (κ1) is 11.7. The molecular weight excluding hydrogens is 236 g/mol. The second kappa shape index (κ2) is 4.63. The molecule has 0 radical (unpaired) electrons. The fourth-order valence-electron chi connectivity index (χ4n) is 1.62. The number of nitrogen functional groups attached to an aromatic ring is 1. The van der Waals surface area contributed by atoms with Crippen LogP contribution >= 0.6 is 11.6 Å². The Morgan fingerprint density at radius 3 is 2.76 bits per heavy atom. The Morgan fingerprint density at radius 2 is 2.06 bits per heavy atom. The predicted octanol–water partition coefficient (Wildman–Crippen LogP) is 2.44. The zero-order chi connectivity index (χ0) is 12.4. The van der Waals surface area contributed by atoms with Crippen molar-refractivity contribution in [3.63, 3.8) is 0 Å². The van der Waals surface area contributed by atoms with Gasteiger partial charge in [0.25, 0.3) is 5.56 Å². The highest BCUT2D eigenvalue weighted by molar-refractivity contribution is 6.31. The standard InChI is InChI=1S/C13H13ClN2O/c1-9-6-13(17)16(8-12(9)15)7-10-4-2-3-5-11(10)14/h2-6,8H,7,15H2,1H3. The van der Waals surface area contributed by atoms with Crippen LogP contribution in [0, 0.1) is 6.92 Å². The molecule has 17 heavy (non-hydrogen) atoms. The van der Waals surface area contributed by atoms with Crippen molar-refractivity contribution >= 4 is 17.3 Å². The number of nitrogens with two attached hydrogens (primary N) is 1. The monoisotopic (exact) mass is 248 g/mol. The van der Waals surface area contributed by atoms with Gasteiger partial charge in [-0.3, -0.25) is 4.79 Å². The quantitative estimate of drug-likeness (QED) is 0.888. The lowest BCUT2D eigenvalue weighted by molar-refractivity contribution is 0.759. The van der Waals surface area contributed by atoms with Crippen LogP contribution in [0.15, 0.2) is 41.3 Å². The first-order chi connectivity index (χ1) is 8.08. The summed E-state index contributed by atoms with van der Waals surface area (Å²) >= 11 is 6.05. The molecule has 0 saturated heterocycles. The molecule has 1 aromatic carbocycles. The highest BCUT2D eigenvalue weighted by Crippen LogP contribution is 2.16. The fraction of sp³-hybridized carbons (Fsp3) is 0.154. The molecule has 1 aromatic heterocycles. The minimum absolute atomic E-state index is 0.0726. The van der Waals surface area contributed by atoms with Gasteiger partial charge in [-0.1, -0.05) is 29.8 Å². The number of aryl methyl sites for hydroxylation is 1. The molecule has 0 unspecified atom stereocenters. The first-order valence-corrected chi connectivity index (χ1v) is 5.65. The molecule has 0 aliphatic rings. The van der Waals surface area contributed by atoms with Gasteiger partial charge in [-0.05, 0) is 24.1 Å².